The zero-order valence-electron chi connectivity index (χ0n) is 19.6. The van der Waals surface area contributed by atoms with Gasteiger partial charge in [0.1, 0.15) is 6.04 Å². The number of hydrogen-bond donors (Lipinski definition) is 1. The number of unbranched alkanes of at least 4 members (excludes halogenated alkanes) is 7. The summed E-state index contributed by atoms with van der Waals surface area (Å²) in [4.78, 5) is 48.1. The molecular weight excluding hydrogens is 440 g/mol. The zero-order chi connectivity index (χ0) is 24.9. The molecule has 0 radical (unpaired) electrons. The minimum Gasteiger partial charge on any atom is -0.341 e. The first-order valence-electron chi connectivity index (χ1n) is 12.0. The highest BCUT2D eigenvalue weighted by Crippen LogP contribution is 2.23. The van der Waals surface area contributed by atoms with Crippen LogP contribution < -0.4 is 5.32 Å². The fourth-order valence-corrected chi connectivity index (χ4v) is 4.11. The van der Waals surface area contributed by atoms with Crippen LogP contribution in [-0.4, -0.2) is 45.7 Å². The summed E-state index contributed by atoms with van der Waals surface area (Å²) in [7, 11) is 0. The van der Waals surface area contributed by atoms with E-state index in [9.17, 15) is 29.8 Å². The van der Waals surface area contributed by atoms with Crippen molar-refractivity contribution < 1.29 is 19.4 Å². The van der Waals surface area contributed by atoms with Gasteiger partial charge in [-0.25, -0.2) is 0 Å². The van der Waals surface area contributed by atoms with Crippen molar-refractivity contribution in [3.63, 3.8) is 0 Å². The maximum absolute atomic E-state index is 13.0. The second-order valence-corrected chi connectivity index (χ2v) is 8.65. The zero-order valence-corrected chi connectivity index (χ0v) is 19.6. The van der Waals surface area contributed by atoms with E-state index in [4.69, 9.17) is 0 Å². The molecule has 10 nitrogen and oxygen atoms in total. The van der Waals surface area contributed by atoms with Crippen molar-refractivity contribution >= 4 is 23.2 Å². The molecule has 0 saturated carbocycles. The number of amides is 2. The molecule has 1 aliphatic heterocycles. The van der Waals surface area contributed by atoms with Crippen LogP contribution in [0.3, 0.4) is 0 Å². The van der Waals surface area contributed by atoms with E-state index < -0.39 is 33.2 Å². The van der Waals surface area contributed by atoms with Gasteiger partial charge in [-0.15, -0.1) is 6.58 Å². The van der Waals surface area contributed by atoms with E-state index in [-0.39, 0.29) is 11.5 Å². The standard InChI is InChI=1S/C24H34N4O6/c1-2-3-4-5-6-7-8-9-11-14-26-15-12-10-13-22(24(26)30)25-23(29)19-16-20(27(31)32)18-21(17-19)28(33)34/h2,16-18,22H,1,3-15H2,(H,25,29)/t22-/m0/s1. The smallest absolute Gasteiger partial charge is 0.277 e. The molecule has 1 heterocycles. The Morgan fingerprint density at radius 1 is 1.00 bits per heavy atom. The summed E-state index contributed by atoms with van der Waals surface area (Å²) in [5.41, 5.74) is -1.31. The summed E-state index contributed by atoms with van der Waals surface area (Å²) < 4.78 is 0. The normalized spacial score (nSPS) is 16.1. The van der Waals surface area contributed by atoms with Crippen molar-refractivity contribution in [3.05, 3.63) is 56.6 Å². The van der Waals surface area contributed by atoms with Crippen molar-refractivity contribution in [3.8, 4) is 0 Å². The molecule has 0 spiro atoms. The Balaban J connectivity index is 1.90. The van der Waals surface area contributed by atoms with Crippen LogP contribution in [0.2, 0.25) is 0 Å². The highest BCUT2D eigenvalue weighted by Gasteiger charge is 2.29. The number of nitro benzene ring substituents is 2. The van der Waals surface area contributed by atoms with Crippen molar-refractivity contribution in [1.82, 2.24) is 10.2 Å². The molecular formula is C24H34N4O6. The van der Waals surface area contributed by atoms with E-state index >= 15 is 0 Å². The fraction of sp³-hybridized carbons (Fsp3) is 0.583. The lowest BCUT2D eigenvalue weighted by Crippen LogP contribution is -2.47. The van der Waals surface area contributed by atoms with Crippen LogP contribution in [-0.2, 0) is 4.79 Å². The minimum atomic E-state index is -0.788. The predicted octanol–water partition coefficient (Wildman–Crippen LogP) is 4.92. The molecule has 1 aromatic rings. The van der Waals surface area contributed by atoms with Crippen LogP contribution in [0.15, 0.2) is 30.9 Å². The Morgan fingerprint density at radius 2 is 1.59 bits per heavy atom. The number of benzene rings is 1. The molecule has 1 aromatic carbocycles. The van der Waals surface area contributed by atoms with Crippen LogP contribution in [0.4, 0.5) is 11.4 Å². The van der Waals surface area contributed by atoms with Gasteiger partial charge in [-0.3, -0.25) is 29.8 Å². The van der Waals surface area contributed by atoms with E-state index in [2.05, 4.69) is 11.9 Å². The lowest BCUT2D eigenvalue weighted by Gasteiger charge is -2.25. The summed E-state index contributed by atoms with van der Waals surface area (Å²) in [5, 5.41) is 24.8. The molecule has 0 bridgehead atoms. The number of nitrogens with one attached hydrogen (secondary N) is 1. The summed E-state index contributed by atoms with van der Waals surface area (Å²) in [6.07, 6.45) is 12.9. The number of likely N-dealkylation sites (tertiary alicyclic amines) is 1. The first-order chi connectivity index (χ1) is 16.3. The minimum absolute atomic E-state index is 0.171. The average molecular weight is 475 g/mol. The third-order valence-corrected chi connectivity index (χ3v) is 6.01. The SMILES string of the molecule is C=CCCCCCCCCCN1CCCC[C@H](NC(=O)c2cc([N+](=O)[O-])cc([N+](=O)[O-])c2)C1=O. The van der Waals surface area contributed by atoms with Gasteiger partial charge in [0, 0.05) is 25.2 Å². The van der Waals surface area contributed by atoms with Crippen LogP contribution in [0.25, 0.3) is 0 Å². The summed E-state index contributed by atoms with van der Waals surface area (Å²) >= 11 is 0. The molecule has 1 saturated heterocycles. The molecule has 0 unspecified atom stereocenters. The molecule has 1 N–H and O–H groups in total. The van der Waals surface area contributed by atoms with Gasteiger partial charge in [-0.05, 0) is 38.5 Å². The van der Waals surface area contributed by atoms with E-state index in [1.165, 1.54) is 25.7 Å². The van der Waals surface area contributed by atoms with Gasteiger partial charge >= 0.3 is 0 Å². The van der Waals surface area contributed by atoms with Crippen LogP contribution in [0.1, 0.15) is 81.0 Å². The first kappa shape index (κ1) is 26.9. The molecule has 1 atom stereocenters. The van der Waals surface area contributed by atoms with Gasteiger partial charge in [0.05, 0.1) is 21.5 Å². The molecule has 10 heteroatoms. The molecule has 34 heavy (non-hydrogen) atoms. The number of rotatable bonds is 14. The highest BCUT2D eigenvalue weighted by molar-refractivity contribution is 5.98. The second-order valence-electron chi connectivity index (χ2n) is 8.65. The lowest BCUT2D eigenvalue weighted by atomic mass is 10.1. The van der Waals surface area contributed by atoms with Gasteiger partial charge in [-0.1, -0.05) is 38.2 Å². The Morgan fingerprint density at radius 3 is 2.18 bits per heavy atom. The number of nitro groups is 2. The van der Waals surface area contributed by atoms with Crippen LogP contribution in [0.5, 0.6) is 0 Å². The molecule has 186 valence electrons. The molecule has 2 rings (SSSR count). The van der Waals surface area contributed by atoms with Crippen LogP contribution >= 0.6 is 0 Å². The summed E-state index contributed by atoms with van der Waals surface area (Å²) in [5.74, 6) is -0.904. The van der Waals surface area contributed by atoms with Crippen molar-refractivity contribution in [1.29, 1.82) is 0 Å². The van der Waals surface area contributed by atoms with E-state index in [1.54, 1.807) is 4.90 Å². The third kappa shape index (κ3) is 8.57. The van der Waals surface area contributed by atoms with Gasteiger partial charge < -0.3 is 10.2 Å². The van der Waals surface area contributed by atoms with Crippen molar-refractivity contribution in [2.75, 3.05) is 13.1 Å². The number of carbonyl (C=O) groups excluding carboxylic acids is 2. The number of non-ortho nitro benzene ring substituents is 2. The lowest BCUT2D eigenvalue weighted by molar-refractivity contribution is -0.394. The number of nitrogens with zero attached hydrogens (tertiary/aromatic N) is 3. The number of hydrogen-bond acceptors (Lipinski definition) is 6. The molecule has 0 aromatic heterocycles. The number of allylic oxidation sites excluding steroid dienone is 1. The molecule has 1 aliphatic rings. The predicted molar refractivity (Wildman–Crippen MR) is 129 cm³/mol. The quantitative estimate of drug-likeness (QED) is 0.176. The molecule has 1 fully saturated rings. The van der Waals surface area contributed by atoms with Gasteiger partial charge in [0.2, 0.25) is 5.91 Å². The average Bonchev–Trinajstić information content (AvgIpc) is 2.98. The Labute approximate surface area is 199 Å². The Kier molecular flexibility index (Phi) is 11.2. The Bertz CT molecular complexity index is 856. The maximum Gasteiger partial charge on any atom is 0.277 e. The van der Waals surface area contributed by atoms with Crippen molar-refractivity contribution in [2.45, 2.75) is 76.7 Å². The molecule has 0 aliphatic carbocycles. The fourth-order valence-electron chi connectivity index (χ4n) is 4.11. The second kappa shape index (κ2) is 14.1. The first-order valence-corrected chi connectivity index (χ1v) is 12.0. The maximum atomic E-state index is 13.0. The topological polar surface area (TPSA) is 136 Å². The van der Waals surface area contributed by atoms with E-state index in [0.29, 0.717) is 19.5 Å². The Hall–Kier alpha value is -3.30. The summed E-state index contributed by atoms with van der Waals surface area (Å²) in [6.45, 7) is 4.99. The summed E-state index contributed by atoms with van der Waals surface area (Å²) in [6, 6.07) is 2.02. The third-order valence-electron chi connectivity index (χ3n) is 6.01. The monoisotopic (exact) mass is 474 g/mol. The number of carbonyl (C=O) groups is 2. The largest absolute Gasteiger partial charge is 0.341 e. The van der Waals surface area contributed by atoms with Crippen molar-refractivity contribution in [2.24, 2.45) is 0 Å². The van der Waals surface area contributed by atoms with Gasteiger partial charge in [-0.2, -0.15) is 0 Å². The van der Waals surface area contributed by atoms with Gasteiger partial charge in [0.15, 0.2) is 0 Å². The highest BCUT2D eigenvalue weighted by atomic mass is 16.6. The molecule has 2 amide bonds. The van der Waals surface area contributed by atoms with E-state index in [1.807, 2.05) is 6.08 Å². The van der Waals surface area contributed by atoms with E-state index in [0.717, 1.165) is 56.7 Å². The van der Waals surface area contributed by atoms with Gasteiger partial charge in [0.25, 0.3) is 17.3 Å². The van der Waals surface area contributed by atoms with Crippen LogP contribution in [0, 0.1) is 20.2 Å².